The van der Waals surface area contributed by atoms with Crippen molar-refractivity contribution in [2.24, 2.45) is 0 Å². The summed E-state index contributed by atoms with van der Waals surface area (Å²) in [4.78, 5) is 11.9. The number of anilines is 1. The number of hydrogen-bond donors (Lipinski definition) is 2. The number of methoxy groups -OCH3 is 2. The smallest absolute Gasteiger partial charge is 0.319 e. The number of carbonyl (C=O) groups is 1. The number of nitrogens with one attached hydrogen (secondary N) is 2. The van der Waals surface area contributed by atoms with Gasteiger partial charge in [0.15, 0.2) is 11.5 Å². The summed E-state index contributed by atoms with van der Waals surface area (Å²) >= 11 is 3.39. The summed E-state index contributed by atoms with van der Waals surface area (Å²) in [7, 11) is 3.20. The highest BCUT2D eigenvalue weighted by Crippen LogP contribution is 2.27. The van der Waals surface area contributed by atoms with Crippen LogP contribution >= 0.6 is 15.9 Å². The van der Waals surface area contributed by atoms with E-state index in [2.05, 4.69) is 26.6 Å². The van der Waals surface area contributed by atoms with E-state index in [1.807, 2.05) is 42.5 Å². The molecule has 0 radical (unpaired) electrons. The molecule has 0 heterocycles. The number of halogens is 1. The maximum atomic E-state index is 11.9. The van der Waals surface area contributed by atoms with E-state index in [0.717, 1.165) is 15.7 Å². The summed E-state index contributed by atoms with van der Waals surface area (Å²) in [6.07, 6.45) is 0.698. The van der Waals surface area contributed by atoms with Crippen molar-refractivity contribution in [3.63, 3.8) is 0 Å². The van der Waals surface area contributed by atoms with Crippen LogP contribution in [0.2, 0.25) is 0 Å². The zero-order valence-corrected chi connectivity index (χ0v) is 14.6. The molecule has 0 unspecified atom stereocenters. The van der Waals surface area contributed by atoms with Crippen LogP contribution in [0.15, 0.2) is 46.9 Å². The van der Waals surface area contributed by atoms with Crippen LogP contribution in [0.1, 0.15) is 5.56 Å². The van der Waals surface area contributed by atoms with Gasteiger partial charge in [0.1, 0.15) is 0 Å². The Morgan fingerprint density at radius 1 is 1.09 bits per heavy atom. The van der Waals surface area contributed by atoms with Gasteiger partial charge in [-0.05, 0) is 52.2 Å². The van der Waals surface area contributed by atoms with Gasteiger partial charge in [0, 0.05) is 11.0 Å². The number of ether oxygens (including phenoxy) is 2. The third-order valence-corrected chi connectivity index (χ3v) is 3.96. The molecule has 0 fully saturated rings. The van der Waals surface area contributed by atoms with Gasteiger partial charge in [-0.2, -0.15) is 0 Å². The Morgan fingerprint density at radius 3 is 2.52 bits per heavy atom. The van der Waals surface area contributed by atoms with Gasteiger partial charge in [0.25, 0.3) is 0 Å². The highest BCUT2D eigenvalue weighted by molar-refractivity contribution is 9.10. The van der Waals surface area contributed by atoms with Crippen LogP contribution in [-0.4, -0.2) is 26.8 Å². The second kappa shape index (κ2) is 8.43. The van der Waals surface area contributed by atoms with Crippen LogP contribution in [0.5, 0.6) is 11.5 Å². The summed E-state index contributed by atoms with van der Waals surface area (Å²) in [5, 5.41) is 5.63. The van der Waals surface area contributed by atoms with Gasteiger partial charge < -0.3 is 20.1 Å². The standard InChI is InChI=1S/C17H19BrN2O3/c1-22-15-8-7-12(11-16(15)23-2)9-10-19-17(21)20-14-6-4-3-5-13(14)18/h3-8,11H,9-10H2,1-2H3,(H2,19,20,21). The topological polar surface area (TPSA) is 59.6 Å². The molecular weight excluding hydrogens is 360 g/mol. The zero-order valence-electron chi connectivity index (χ0n) is 13.1. The lowest BCUT2D eigenvalue weighted by atomic mass is 10.1. The van der Waals surface area contributed by atoms with Gasteiger partial charge in [-0.1, -0.05) is 18.2 Å². The highest BCUT2D eigenvalue weighted by atomic mass is 79.9. The predicted molar refractivity (Wildman–Crippen MR) is 94.4 cm³/mol. The van der Waals surface area contributed by atoms with Gasteiger partial charge in [0.05, 0.1) is 19.9 Å². The molecule has 0 saturated carbocycles. The minimum Gasteiger partial charge on any atom is -0.493 e. The maximum Gasteiger partial charge on any atom is 0.319 e. The second-order valence-corrected chi connectivity index (χ2v) is 5.65. The van der Waals surface area contributed by atoms with Crippen LogP contribution in [0.4, 0.5) is 10.5 Å². The Morgan fingerprint density at radius 2 is 1.83 bits per heavy atom. The molecule has 0 aliphatic carbocycles. The molecule has 122 valence electrons. The molecule has 0 aromatic heterocycles. The molecule has 6 heteroatoms. The zero-order chi connectivity index (χ0) is 16.7. The molecular formula is C17H19BrN2O3. The molecule has 2 N–H and O–H groups in total. The SMILES string of the molecule is COc1ccc(CCNC(=O)Nc2ccccc2Br)cc1OC. The van der Waals surface area contributed by atoms with Crippen molar-refractivity contribution in [3.8, 4) is 11.5 Å². The molecule has 2 aromatic carbocycles. The normalized spacial score (nSPS) is 10.0. The lowest BCUT2D eigenvalue weighted by Gasteiger charge is -2.11. The quantitative estimate of drug-likeness (QED) is 0.802. The summed E-state index contributed by atoms with van der Waals surface area (Å²) in [6, 6.07) is 12.9. The molecule has 0 spiro atoms. The Bertz CT molecular complexity index is 677. The van der Waals surface area contributed by atoms with E-state index < -0.39 is 0 Å². The number of hydrogen-bond acceptors (Lipinski definition) is 3. The largest absolute Gasteiger partial charge is 0.493 e. The second-order valence-electron chi connectivity index (χ2n) is 4.80. The van der Waals surface area contributed by atoms with E-state index in [1.54, 1.807) is 14.2 Å². The Balaban J connectivity index is 1.85. The average Bonchev–Trinajstić information content (AvgIpc) is 2.56. The molecule has 0 aliphatic heterocycles. The fraction of sp³-hybridized carbons (Fsp3) is 0.235. The fourth-order valence-corrected chi connectivity index (χ4v) is 2.47. The van der Waals surface area contributed by atoms with Crippen LogP contribution in [0, 0.1) is 0 Å². The van der Waals surface area contributed by atoms with Gasteiger partial charge in [-0.15, -0.1) is 0 Å². The van der Waals surface area contributed by atoms with Crippen LogP contribution in [0.3, 0.4) is 0 Å². The lowest BCUT2D eigenvalue weighted by molar-refractivity contribution is 0.252. The number of carbonyl (C=O) groups excluding carboxylic acids is 1. The minimum atomic E-state index is -0.239. The van der Waals surface area contributed by atoms with E-state index in [0.29, 0.717) is 24.5 Å². The maximum absolute atomic E-state index is 11.9. The first-order valence-corrected chi connectivity index (χ1v) is 7.93. The third-order valence-electron chi connectivity index (χ3n) is 3.27. The average molecular weight is 379 g/mol. The van der Waals surface area contributed by atoms with Crippen molar-refractivity contribution in [1.82, 2.24) is 5.32 Å². The highest BCUT2D eigenvalue weighted by Gasteiger charge is 2.06. The van der Waals surface area contributed by atoms with Crippen LogP contribution in [0.25, 0.3) is 0 Å². The number of rotatable bonds is 6. The van der Waals surface area contributed by atoms with E-state index in [4.69, 9.17) is 9.47 Å². The summed E-state index contributed by atoms with van der Waals surface area (Å²) < 4.78 is 11.3. The number of benzene rings is 2. The first-order valence-electron chi connectivity index (χ1n) is 7.14. The van der Waals surface area contributed by atoms with Crippen molar-refractivity contribution in [2.75, 3.05) is 26.1 Å². The first kappa shape index (κ1) is 17.1. The molecule has 23 heavy (non-hydrogen) atoms. The first-order chi connectivity index (χ1) is 11.1. The lowest BCUT2D eigenvalue weighted by Crippen LogP contribution is -2.30. The van der Waals surface area contributed by atoms with Crippen molar-refractivity contribution < 1.29 is 14.3 Å². The van der Waals surface area contributed by atoms with Crippen molar-refractivity contribution in [3.05, 3.63) is 52.5 Å². The van der Waals surface area contributed by atoms with Gasteiger partial charge in [0.2, 0.25) is 0 Å². The number of urea groups is 1. The van der Waals surface area contributed by atoms with E-state index in [9.17, 15) is 4.79 Å². The van der Waals surface area contributed by atoms with Crippen molar-refractivity contribution in [1.29, 1.82) is 0 Å². The van der Waals surface area contributed by atoms with Gasteiger partial charge in [-0.3, -0.25) is 0 Å². The molecule has 2 amide bonds. The Kier molecular flexibility index (Phi) is 6.29. The fourth-order valence-electron chi connectivity index (χ4n) is 2.09. The summed E-state index contributed by atoms with van der Waals surface area (Å²) in [5.41, 5.74) is 1.79. The summed E-state index contributed by atoms with van der Waals surface area (Å²) in [5.74, 6) is 1.37. The Hall–Kier alpha value is -2.21. The Labute approximate surface area is 144 Å². The van der Waals surface area contributed by atoms with E-state index >= 15 is 0 Å². The number of amides is 2. The predicted octanol–water partition coefficient (Wildman–Crippen LogP) is 3.83. The third kappa shape index (κ3) is 4.89. The van der Waals surface area contributed by atoms with E-state index in [1.165, 1.54) is 0 Å². The van der Waals surface area contributed by atoms with Gasteiger partial charge in [-0.25, -0.2) is 4.79 Å². The monoisotopic (exact) mass is 378 g/mol. The molecule has 2 rings (SSSR count). The van der Waals surface area contributed by atoms with Crippen molar-refractivity contribution in [2.45, 2.75) is 6.42 Å². The molecule has 0 bridgehead atoms. The molecule has 0 aliphatic rings. The molecule has 2 aromatic rings. The van der Waals surface area contributed by atoms with Crippen LogP contribution in [-0.2, 0) is 6.42 Å². The minimum absolute atomic E-state index is 0.239. The van der Waals surface area contributed by atoms with Gasteiger partial charge >= 0.3 is 6.03 Å². The van der Waals surface area contributed by atoms with Crippen molar-refractivity contribution >= 4 is 27.6 Å². The summed E-state index contributed by atoms with van der Waals surface area (Å²) in [6.45, 7) is 0.520. The van der Waals surface area contributed by atoms with E-state index in [-0.39, 0.29) is 6.03 Å². The molecule has 0 saturated heterocycles. The van der Waals surface area contributed by atoms with Crippen LogP contribution < -0.4 is 20.1 Å². The number of para-hydroxylation sites is 1. The molecule has 5 nitrogen and oxygen atoms in total. The molecule has 0 atom stereocenters.